The van der Waals surface area contributed by atoms with Crippen molar-refractivity contribution in [2.24, 2.45) is 0 Å². The van der Waals surface area contributed by atoms with Gasteiger partial charge in [0.05, 0.1) is 19.1 Å². The molecule has 0 unspecified atom stereocenters. The molecule has 146 valence electrons. The number of benzene rings is 2. The van der Waals surface area contributed by atoms with Crippen LogP contribution in [-0.2, 0) is 22.9 Å². The van der Waals surface area contributed by atoms with E-state index < -0.39 is 10.0 Å². The van der Waals surface area contributed by atoms with E-state index in [9.17, 15) is 8.42 Å². The summed E-state index contributed by atoms with van der Waals surface area (Å²) in [6, 6.07) is 10.6. The van der Waals surface area contributed by atoms with Crippen molar-refractivity contribution in [2.75, 3.05) is 27.4 Å². The predicted molar refractivity (Wildman–Crippen MR) is 103 cm³/mol. The van der Waals surface area contributed by atoms with Gasteiger partial charge in [-0.2, -0.15) is 0 Å². The standard InChI is InChI=1S/C20H25NO5S/c1-24-19-10-9-18(14-20(19)25-2)27(22,23)21-11-12-26-17-8-7-15-5-3-4-6-16(15)13-17/h7-10,13-14,21H,3-6,11-12H2,1-2H3. The van der Waals surface area contributed by atoms with Gasteiger partial charge in [-0.25, -0.2) is 13.1 Å². The number of aryl methyl sites for hydroxylation is 2. The lowest BCUT2D eigenvalue weighted by atomic mass is 9.92. The zero-order chi connectivity index (χ0) is 19.3. The third-order valence-electron chi connectivity index (χ3n) is 4.65. The molecule has 0 saturated heterocycles. The number of nitrogens with one attached hydrogen (secondary N) is 1. The summed E-state index contributed by atoms with van der Waals surface area (Å²) in [5.41, 5.74) is 2.73. The summed E-state index contributed by atoms with van der Waals surface area (Å²) in [5, 5.41) is 0. The molecule has 0 aromatic heterocycles. The SMILES string of the molecule is COc1ccc(S(=O)(=O)NCCOc2ccc3c(c2)CCCC3)cc1OC. The Bertz CT molecular complexity index is 895. The highest BCUT2D eigenvalue weighted by Crippen LogP contribution is 2.29. The fraction of sp³-hybridized carbons (Fsp3) is 0.400. The number of ether oxygens (including phenoxy) is 3. The topological polar surface area (TPSA) is 73.9 Å². The molecule has 0 spiro atoms. The molecule has 0 atom stereocenters. The number of rotatable bonds is 8. The van der Waals surface area contributed by atoms with Crippen LogP contribution in [-0.4, -0.2) is 35.8 Å². The van der Waals surface area contributed by atoms with Crippen molar-refractivity contribution in [3.05, 3.63) is 47.5 Å². The largest absolute Gasteiger partial charge is 0.493 e. The Balaban J connectivity index is 1.56. The van der Waals surface area contributed by atoms with Gasteiger partial charge in [-0.1, -0.05) is 6.07 Å². The van der Waals surface area contributed by atoms with Crippen LogP contribution in [0.4, 0.5) is 0 Å². The van der Waals surface area contributed by atoms with Gasteiger partial charge in [-0.3, -0.25) is 0 Å². The third-order valence-corrected chi connectivity index (χ3v) is 6.11. The van der Waals surface area contributed by atoms with Crippen molar-refractivity contribution >= 4 is 10.0 Å². The molecule has 0 heterocycles. The molecule has 3 rings (SSSR count). The van der Waals surface area contributed by atoms with Crippen molar-refractivity contribution in [1.29, 1.82) is 0 Å². The van der Waals surface area contributed by atoms with E-state index in [-0.39, 0.29) is 18.0 Å². The summed E-state index contributed by atoms with van der Waals surface area (Å²) in [4.78, 5) is 0.119. The monoisotopic (exact) mass is 391 g/mol. The first-order valence-electron chi connectivity index (χ1n) is 9.00. The van der Waals surface area contributed by atoms with Crippen molar-refractivity contribution in [1.82, 2.24) is 4.72 Å². The van der Waals surface area contributed by atoms with Crippen LogP contribution in [0.25, 0.3) is 0 Å². The molecule has 7 heteroatoms. The Kier molecular flexibility index (Phi) is 6.23. The van der Waals surface area contributed by atoms with Crippen molar-refractivity contribution in [3.63, 3.8) is 0 Å². The number of fused-ring (bicyclic) bond motifs is 1. The second kappa shape index (κ2) is 8.63. The van der Waals surface area contributed by atoms with Crippen LogP contribution in [0.15, 0.2) is 41.3 Å². The van der Waals surface area contributed by atoms with Gasteiger partial charge in [0, 0.05) is 12.6 Å². The van der Waals surface area contributed by atoms with Crippen LogP contribution in [0.3, 0.4) is 0 Å². The normalized spacial score (nSPS) is 13.7. The highest BCUT2D eigenvalue weighted by molar-refractivity contribution is 7.89. The zero-order valence-electron chi connectivity index (χ0n) is 15.7. The van der Waals surface area contributed by atoms with Crippen LogP contribution in [0, 0.1) is 0 Å². The highest BCUT2D eigenvalue weighted by atomic mass is 32.2. The third kappa shape index (κ3) is 4.73. The van der Waals surface area contributed by atoms with Gasteiger partial charge in [0.2, 0.25) is 10.0 Å². The lowest BCUT2D eigenvalue weighted by Gasteiger charge is -2.17. The zero-order valence-corrected chi connectivity index (χ0v) is 16.5. The summed E-state index contributed by atoms with van der Waals surface area (Å²) in [6.45, 7) is 0.430. The Morgan fingerprint density at radius 3 is 2.41 bits per heavy atom. The van der Waals surface area contributed by atoms with Gasteiger partial charge in [-0.15, -0.1) is 0 Å². The molecule has 1 N–H and O–H groups in total. The Labute approximate surface area is 160 Å². The molecule has 0 fully saturated rings. The van der Waals surface area contributed by atoms with Gasteiger partial charge in [0.1, 0.15) is 12.4 Å². The molecular weight excluding hydrogens is 366 g/mol. The maximum Gasteiger partial charge on any atom is 0.240 e. The lowest BCUT2D eigenvalue weighted by molar-refractivity contribution is 0.322. The minimum atomic E-state index is -3.65. The highest BCUT2D eigenvalue weighted by Gasteiger charge is 2.17. The van der Waals surface area contributed by atoms with E-state index in [1.54, 1.807) is 6.07 Å². The molecule has 0 amide bonds. The summed E-state index contributed by atoms with van der Waals surface area (Å²) < 4.78 is 43.4. The van der Waals surface area contributed by atoms with E-state index in [1.165, 1.54) is 50.3 Å². The van der Waals surface area contributed by atoms with Gasteiger partial charge in [-0.05, 0) is 61.1 Å². The van der Waals surface area contributed by atoms with Crippen LogP contribution in [0.1, 0.15) is 24.0 Å². The molecule has 2 aromatic rings. The first-order chi connectivity index (χ1) is 13.0. The van der Waals surface area contributed by atoms with Crippen LogP contribution in [0.5, 0.6) is 17.2 Å². The Morgan fingerprint density at radius 1 is 0.926 bits per heavy atom. The van der Waals surface area contributed by atoms with E-state index >= 15 is 0 Å². The maximum absolute atomic E-state index is 12.4. The number of sulfonamides is 1. The Morgan fingerprint density at radius 2 is 1.67 bits per heavy atom. The fourth-order valence-electron chi connectivity index (χ4n) is 3.21. The number of hydrogen-bond donors (Lipinski definition) is 1. The first kappa shape index (κ1) is 19.5. The van der Waals surface area contributed by atoms with E-state index in [0.29, 0.717) is 11.5 Å². The smallest absolute Gasteiger partial charge is 0.240 e. The van der Waals surface area contributed by atoms with Crippen molar-refractivity contribution in [2.45, 2.75) is 30.6 Å². The average Bonchev–Trinajstić information content (AvgIpc) is 2.70. The summed E-state index contributed by atoms with van der Waals surface area (Å²) in [5.74, 6) is 1.62. The van der Waals surface area contributed by atoms with Gasteiger partial charge >= 0.3 is 0 Å². The first-order valence-corrected chi connectivity index (χ1v) is 10.5. The van der Waals surface area contributed by atoms with Crippen LogP contribution >= 0.6 is 0 Å². The summed E-state index contributed by atoms with van der Waals surface area (Å²) >= 11 is 0. The van der Waals surface area contributed by atoms with Gasteiger partial charge < -0.3 is 14.2 Å². The van der Waals surface area contributed by atoms with Crippen molar-refractivity contribution < 1.29 is 22.6 Å². The second-order valence-corrected chi connectivity index (χ2v) is 8.17. The van der Waals surface area contributed by atoms with E-state index in [4.69, 9.17) is 14.2 Å². The quantitative estimate of drug-likeness (QED) is 0.701. The Hall–Kier alpha value is -2.25. The lowest BCUT2D eigenvalue weighted by Crippen LogP contribution is -2.28. The molecule has 0 saturated carbocycles. The molecule has 0 aliphatic heterocycles. The molecule has 1 aliphatic carbocycles. The molecule has 0 radical (unpaired) electrons. The molecule has 0 bridgehead atoms. The van der Waals surface area contributed by atoms with Gasteiger partial charge in [0.25, 0.3) is 0 Å². The van der Waals surface area contributed by atoms with E-state index in [0.717, 1.165) is 18.6 Å². The fourth-order valence-corrected chi connectivity index (χ4v) is 4.24. The molecule has 2 aromatic carbocycles. The number of methoxy groups -OCH3 is 2. The van der Waals surface area contributed by atoms with Gasteiger partial charge in [0.15, 0.2) is 11.5 Å². The van der Waals surface area contributed by atoms with Crippen molar-refractivity contribution in [3.8, 4) is 17.2 Å². The molecule has 1 aliphatic rings. The van der Waals surface area contributed by atoms with E-state index in [2.05, 4.69) is 16.9 Å². The minimum Gasteiger partial charge on any atom is -0.493 e. The van der Waals surface area contributed by atoms with Crippen LogP contribution < -0.4 is 18.9 Å². The molecular formula is C20H25NO5S. The van der Waals surface area contributed by atoms with Crippen LogP contribution in [0.2, 0.25) is 0 Å². The minimum absolute atomic E-state index is 0.119. The predicted octanol–water partition coefficient (Wildman–Crippen LogP) is 2.94. The molecule has 6 nitrogen and oxygen atoms in total. The second-order valence-electron chi connectivity index (χ2n) is 6.40. The number of hydrogen-bond acceptors (Lipinski definition) is 5. The van der Waals surface area contributed by atoms with E-state index in [1.807, 2.05) is 6.07 Å². The summed E-state index contributed by atoms with van der Waals surface area (Å²) in [6.07, 6.45) is 4.66. The molecule has 27 heavy (non-hydrogen) atoms. The average molecular weight is 391 g/mol. The summed E-state index contributed by atoms with van der Waals surface area (Å²) in [7, 11) is -0.684. The maximum atomic E-state index is 12.4.